The number of nitrogens with one attached hydrogen (secondary N) is 1. The zero-order chi connectivity index (χ0) is 20.1. The van der Waals surface area contributed by atoms with E-state index >= 15 is 0 Å². The fourth-order valence-corrected chi connectivity index (χ4v) is 3.70. The van der Waals surface area contributed by atoms with Gasteiger partial charge in [-0.2, -0.15) is 11.3 Å². The lowest BCUT2D eigenvalue weighted by molar-refractivity contribution is -0.116. The number of aryl methyl sites for hydroxylation is 1. The van der Waals surface area contributed by atoms with Gasteiger partial charge in [0.25, 0.3) is 0 Å². The normalized spacial score (nSPS) is 10.8. The highest BCUT2D eigenvalue weighted by atomic mass is 32.1. The Morgan fingerprint density at radius 3 is 2.93 bits per heavy atom. The van der Waals surface area contributed by atoms with Gasteiger partial charge in [-0.15, -0.1) is 0 Å². The summed E-state index contributed by atoms with van der Waals surface area (Å²) in [6.07, 6.45) is 5.03. The monoisotopic (exact) mass is 407 g/mol. The van der Waals surface area contributed by atoms with E-state index in [4.69, 9.17) is 9.47 Å². The average molecular weight is 407 g/mol. The van der Waals surface area contributed by atoms with Crippen molar-refractivity contribution >= 4 is 28.6 Å². The third kappa shape index (κ3) is 4.75. The van der Waals surface area contributed by atoms with E-state index in [0.29, 0.717) is 30.2 Å². The Hall–Kier alpha value is -3.32. The molecule has 1 aromatic carbocycles. The van der Waals surface area contributed by atoms with Gasteiger partial charge in [0.15, 0.2) is 11.5 Å². The van der Waals surface area contributed by atoms with Crippen molar-refractivity contribution < 1.29 is 14.3 Å². The van der Waals surface area contributed by atoms with Crippen LogP contribution in [0.15, 0.2) is 65.6 Å². The first kappa shape index (κ1) is 19.0. The van der Waals surface area contributed by atoms with Crippen LogP contribution in [-0.2, 0) is 17.8 Å². The van der Waals surface area contributed by atoms with Crippen molar-refractivity contribution in [1.29, 1.82) is 0 Å². The Labute approximate surface area is 172 Å². The largest absolute Gasteiger partial charge is 0.493 e. The van der Waals surface area contributed by atoms with Gasteiger partial charge in [0.1, 0.15) is 12.3 Å². The number of ether oxygens (including phenoxy) is 2. The smallest absolute Gasteiger partial charge is 0.224 e. The number of pyridine rings is 1. The number of fused-ring (bicyclic) bond motifs is 1. The molecule has 0 aliphatic rings. The first-order valence-corrected chi connectivity index (χ1v) is 10.2. The van der Waals surface area contributed by atoms with Crippen molar-refractivity contribution in [1.82, 2.24) is 9.38 Å². The number of carbonyl (C=O) groups is 1. The number of carbonyl (C=O) groups excluding carboxylic acids is 1. The highest BCUT2D eigenvalue weighted by Crippen LogP contribution is 2.31. The summed E-state index contributed by atoms with van der Waals surface area (Å²) in [6.45, 7) is 0.299. The molecule has 0 bridgehead atoms. The Bertz CT molecular complexity index is 1070. The van der Waals surface area contributed by atoms with E-state index in [9.17, 15) is 4.79 Å². The number of nitrogens with zero attached hydrogens (tertiary/aromatic N) is 2. The lowest BCUT2D eigenvalue weighted by Gasteiger charge is -2.12. The van der Waals surface area contributed by atoms with Crippen LogP contribution in [0.4, 0.5) is 5.69 Å². The summed E-state index contributed by atoms with van der Waals surface area (Å²) in [5, 5.41) is 7.00. The molecule has 0 spiro atoms. The van der Waals surface area contributed by atoms with E-state index < -0.39 is 0 Å². The zero-order valence-electron chi connectivity index (χ0n) is 16.0. The van der Waals surface area contributed by atoms with Crippen molar-refractivity contribution in [3.63, 3.8) is 0 Å². The van der Waals surface area contributed by atoms with E-state index in [0.717, 1.165) is 17.8 Å². The standard InChI is InChI=1S/C22H21N3O3S/c1-27-19-7-6-17(24-22(26)8-5-16-9-11-29-15-16)12-20(19)28-14-18-13-25-10-3-2-4-21(25)23-18/h2-4,6-7,9-13,15H,5,8,14H2,1H3,(H,24,26). The molecule has 0 atom stereocenters. The number of thiophene rings is 1. The first-order valence-electron chi connectivity index (χ1n) is 9.25. The number of hydrogen-bond donors (Lipinski definition) is 1. The fourth-order valence-electron chi connectivity index (χ4n) is 2.99. The number of imidazole rings is 1. The number of anilines is 1. The minimum atomic E-state index is -0.0346. The van der Waals surface area contributed by atoms with Crippen molar-refractivity contribution in [2.24, 2.45) is 0 Å². The van der Waals surface area contributed by atoms with Crippen LogP contribution < -0.4 is 14.8 Å². The van der Waals surface area contributed by atoms with E-state index in [2.05, 4.69) is 15.7 Å². The molecular weight excluding hydrogens is 386 g/mol. The molecule has 3 aromatic heterocycles. The quantitative estimate of drug-likeness (QED) is 0.465. The maximum Gasteiger partial charge on any atom is 0.224 e. The molecule has 0 fully saturated rings. The second-order valence-corrected chi connectivity index (χ2v) is 7.31. The van der Waals surface area contributed by atoms with E-state index in [1.165, 1.54) is 5.56 Å². The molecule has 0 saturated carbocycles. The predicted molar refractivity (Wildman–Crippen MR) is 114 cm³/mol. The minimum Gasteiger partial charge on any atom is -0.493 e. The minimum absolute atomic E-state index is 0.0346. The number of aromatic nitrogens is 2. The third-order valence-electron chi connectivity index (χ3n) is 4.46. The molecule has 0 aliphatic carbocycles. The van der Waals surface area contributed by atoms with Crippen molar-refractivity contribution in [2.45, 2.75) is 19.4 Å². The summed E-state index contributed by atoms with van der Waals surface area (Å²) >= 11 is 1.64. The van der Waals surface area contributed by atoms with Crippen LogP contribution in [0.2, 0.25) is 0 Å². The van der Waals surface area contributed by atoms with Gasteiger partial charge in [-0.05, 0) is 53.1 Å². The zero-order valence-corrected chi connectivity index (χ0v) is 16.8. The molecule has 0 aliphatic heterocycles. The van der Waals surface area contributed by atoms with Gasteiger partial charge in [0.2, 0.25) is 5.91 Å². The van der Waals surface area contributed by atoms with Gasteiger partial charge >= 0.3 is 0 Å². The Morgan fingerprint density at radius 2 is 2.14 bits per heavy atom. The molecular formula is C22H21N3O3S. The molecule has 1 N–H and O–H groups in total. The summed E-state index contributed by atoms with van der Waals surface area (Å²) in [7, 11) is 1.59. The van der Waals surface area contributed by atoms with Gasteiger partial charge in [-0.1, -0.05) is 6.07 Å². The van der Waals surface area contributed by atoms with Crippen LogP contribution in [0.3, 0.4) is 0 Å². The number of hydrogen-bond acceptors (Lipinski definition) is 5. The first-order chi connectivity index (χ1) is 14.2. The molecule has 0 radical (unpaired) electrons. The maximum absolute atomic E-state index is 12.3. The van der Waals surface area contributed by atoms with Gasteiger partial charge in [-0.3, -0.25) is 4.79 Å². The third-order valence-corrected chi connectivity index (χ3v) is 5.19. The van der Waals surface area contributed by atoms with Crippen LogP contribution >= 0.6 is 11.3 Å². The number of amides is 1. The number of benzene rings is 1. The molecule has 1 amide bonds. The van der Waals surface area contributed by atoms with Gasteiger partial charge in [0.05, 0.1) is 12.8 Å². The fraction of sp³-hybridized carbons (Fsp3) is 0.182. The summed E-state index contributed by atoms with van der Waals surface area (Å²) in [4.78, 5) is 16.8. The van der Waals surface area contributed by atoms with Crippen molar-refractivity contribution in [2.75, 3.05) is 12.4 Å². The Balaban J connectivity index is 1.41. The van der Waals surface area contributed by atoms with Crippen LogP contribution in [0.25, 0.3) is 5.65 Å². The van der Waals surface area contributed by atoms with E-state index in [1.54, 1.807) is 36.6 Å². The van der Waals surface area contributed by atoms with E-state index in [1.807, 2.05) is 46.4 Å². The topological polar surface area (TPSA) is 64.9 Å². The van der Waals surface area contributed by atoms with E-state index in [-0.39, 0.29) is 5.91 Å². The second kappa shape index (κ2) is 8.79. The molecule has 29 heavy (non-hydrogen) atoms. The van der Waals surface area contributed by atoms with Crippen LogP contribution in [0.1, 0.15) is 17.7 Å². The van der Waals surface area contributed by atoms with Gasteiger partial charge in [0, 0.05) is 30.6 Å². The SMILES string of the molecule is COc1ccc(NC(=O)CCc2ccsc2)cc1OCc1cn2ccccc2n1. The van der Waals surface area contributed by atoms with Crippen LogP contribution in [-0.4, -0.2) is 22.4 Å². The number of rotatable bonds is 8. The lowest BCUT2D eigenvalue weighted by atomic mass is 10.2. The van der Waals surface area contributed by atoms with Crippen LogP contribution in [0, 0.1) is 0 Å². The van der Waals surface area contributed by atoms with Crippen molar-refractivity contribution in [3.8, 4) is 11.5 Å². The molecule has 3 heterocycles. The van der Waals surface area contributed by atoms with Gasteiger partial charge in [-0.25, -0.2) is 4.98 Å². The summed E-state index contributed by atoms with van der Waals surface area (Å²) < 4.78 is 13.3. The Morgan fingerprint density at radius 1 is 1.21 bits per heavy atom. The molecule has 4 rings (SSSR count). The predicted octanol–water partition coefficient (Wildman–Crippen LogP) is 4.55. The maximum atomic E-state index is 12.3. The van der Waals surface area contributed by atoms with Gasteiger partial charge < -0.3 is 19.2 Å². The highest BCUT2D eigenvalue weighted by molar-refractivity contribution is 7.07. The summed E-state index contributed by atoms with van der Waals surface area (Å²) in [5.41, 5.74) is 3.52. The van der Waals surface area contributed by atoms with Crippen molar-refractivity contribution in [3.05, 3.63) is 76.9 Å². The summed E-state index contributed by atoms with van der Waals surface area (Å²) in [6, 6.07) is 13.2. The highest BCUT2D eigenvalue weighted by Gasteiger charge is 2.10. The molecule has 0 unspecified atom stereocenters. The average Bonchev–Trinajstić information content (AvgIpc) is 3.40. The second-order valence-electron chi connectivity index (χ2n) is 6.53. The van der Waals surface area contributed by atoms with Crippen LogP contribution in [0.5, 0.6) is 11.5 Å². The molecule has 148 valence electrons. The Kier molecular flexibility index (Phi) is 5.76. The molecule has 0 saturated heterocycles. The molecule has 7 heteroatoms. The lowest BCUT2D eigenvalue weighted by Crippen LogP contribution is -2.12. The molecule has 6 nitrogen and oxygen atoms in total. The number of methoxy groups -OCH3 is 1. The summed E-state index contributed by atoms with van der Waals surface area (Å²) in [5.74, 6) is 1.12. The molecule has 4 aromatic rings.